The molecular weight excluding hydrogens is 422 g/mol. The smallest absolute Gasteiger partial charge is 0.332 e. The molecule has 2 aromatic rings. The van der Waals surface area contributed by atoms with Crippen LogP contribution in [0.3, 0.4) is 0 Å². The number of carboxylic acid groups (broad SMARTS) is 1. The standard InChI is InChI=1S/C25H31N3O5/c1-3-22(29)28(20-11-7-10-19(26)16-20)25(24(32)33-2)12-14-27(15-13-25)17-21(23(30)31)18-8-5-4-6-9-18/h4-11,16,21H,3,12-15,17,26H2,1-2H3,(H,30,31). The van der Waals surface area contributed by atoms with Gasteiger partial charge in [0.15, 0.2) is 0 Å². The molecule has 1 aliphatic heterocycles. The van der Waals surface area contributed by atoms with Crippen molar-refractivity contribution in [3.63, 3.8) is 0 Å². The molecule has 2 aromatic carbocycles. The zero-order chi connectivity index (χ0) is 24.0. The number of carboxylic acids is 1. The number of hydrogen-bond donors (Lipinski definition) is 2. The number of carbonyl (C=O) groups is 3. The van der Waals surface area contributed by atoms with E-state index in [4.69, 9.17) is 10.5 Å². The lowest BCUT2D eigenvalue weighted by Gasteiger charge is -2.46. The van der Waals surface area contributed by atoms with Gasteiger partial charge in [-0.15, -0.1) is 0 Å². The van der Waals surface area contributed by atoms with Gasteiger partial charge < -0.3 is 20.5 Å². The van der Waals surface area contributed by atoms with Crippen LogP contribution in [0.4, 0.5) is 11.4 Å². The lowest BCUT2D eigenvalue weighted by molar-refractivity contribution is -0.151. The van der Waals surface area contributed by atoms with Gasteiger partial charge in [-0.05, 0) is 36.6 Å². The molecule has 0 bridgehead atoms. The Kier molecular flexibility index (Phi) is 7.71. The number of anilines is 2. The molecule has 8 nitrogen and oxygen atoms in total. The molecule has 1 aliphatic rings. The van der Waals surface area contributed by atoms with Crippen molar-refractivity contribution < 1.29 is 24.2 Å². The molecule has 8 heteroatoms. The van der Waals surface area contributed by atoms with Crippen molar-refractivity contribution in [2.45, 2.75) is 37.6 Å². The third-order valence-electron chi connectivity index (χ3n) is 6.30. The van der Waals surface area contributed by atoms with Gasteiger partial charge in [0.25, 0.3) is 0 Å². The van der Waals surface area contributed by atoms with E-state index in [1.54, 1.807) is 31.2 Å². The lowest BCUT2D eigenvalue weighted by atomic mass is 9.84. The number of esters is 1. The van der Waals surface area contributed by atoms with E-state index >= 15 is 0 Å². The van der Waals surface area contributed by atoms with Gasteiger partial charge in [0.1, 0.15) is 5.54 Å². The van der Waals surface area contributed by atoms with Gasteiger partial charge in [-0.2, -0.15) is 0 Å². The third kappa shape index (κ3) is 5.17. The summed E-state index contributed by atoms with van der Waals surface area (Å²) in [6, 6.07) is 16.0. The number of methoxy groups -OCH3 is 1. The Balaban J connectivity index is 1.88. The average Bonchev–Trinajstić information content (AvgIpc) is 2.83. The molecule has 0 radical (unpaired) electrons. The highest BCUT2D eigenvalue weighted by molar-refractivity contribution is 6.02. The van der Waals surface area contributed by atoms with Crippen molar-refractivity contribution in [3.8, 4) is 0 Å². The van der Waals surface area contributed by atoms with Gasteiger partial charge >= 0.3 is 11.9 Å². The van der Waals surface area contributed by atoms with E-state index in [1.165, 1.54) is 12.0 Å². The maximum atomic E-state index is 13.1. The van der Waals surface area contributed by atoms with E-state index in [9.17, 15) is 19.5 Å². The van der Waals surface area contributed by atoms with E-state index in [2.05, 4.69) is 0 Å². The first kappa shape index (κ1) is 24.3. The summed E-state index contributed by atoms with van der Waals surface area (Å²) >= 11 is 0. The minimum Gasteiger partial charge on any atom is -0.481 e. The minimum absolute atomic E-state index is 0.202. The highest BCUT2D eigenvalue weighted by Crippen LogP contribution is 2.36. The quantitative estimate of drug-likeness (QED) is 0.467. The maximum absolute atomic E-state index is 13.1. The van der Waals surface area contributed by atoms with Crippen LogP contribution in [-0.2, 0) is 19.1 Å². The topological polar surface area (TPSA) is 113 Å². The lowest BCUT2D eigenvalue weighted by Crippen LogP contribution is -2.63. The molecule has 1 saturated heterocycles. The van der Waals surface area contributed by atoms with Crippen molar-refractivity contribution in [1.29, 1.82) is 0 Å². The molecule has 3 N–H and O–H groups in total. The van der Waals surface area contributed by atoms with Crippen LogP contribution in [0.15, 0.2) is 54.6 Å². The number of ether oxygens (including phenoxy) is 1. The maximum Gasteiger partial charge on any atom is 0.332 e. The van der Waals surface area contributed by atoms with Crippen LogP contribution in [0.25, 0.3) is 0 Å². The molecule has 1 fully saturated rings. The van der Waals surface area contributed by atoms with E-state index < -0.39 is 23.4 Å². The third-order valence-corrected chi connectivity index (χ3v) is 6.30. The zero-order valence-corrected chi connectivity index (χ0v) is 19.1. The number of piperidine rings is 1. The van der Waals surface area contributed by atoms with Crippen molar-refractivity contribution in [2.75, 3.05) is 37.4 Å². The summed E-state index contributed by atoms with van der Waals surface area (Å²) in [5.74, 6) is -2.26. The van der Waals surface area contributed by atoms with Crippen molar-refractivity contribution in [1.82, 2.24) is 4.90 Å². The van der Waals surface area contributed by atoms with Crippen LogP contribution in [0.5, 0.6) is 0 Å². The van der Waals surface area contributed by atoms with E-state index in [0.29, 0.717) is 43.9 Å². The molecule has 0 spiro atoms. The van der Waals surface area contributed by atoms with Crippen molar-refractivity contribution >= 4 is 29.2 Å². The number of hydrogen-bond acceptors (Lipinski definition) is 6. The fourth-order valence-corrected chi connectivity index (χ4v) is 4.54. The van der Waals surface area contributed by atoms with Crippen molar-refractivity contribution in [2.24, 2.45) is 0 Å². The Morgan fingerprint density at radius 2 is 1.79 bits per heavy atom. The Morgan fingerprint density at radius 3 is 2.33 bits per heavy atom. The Morgan fingerprint density at radius 1 is 1.12 bits per heavy atom. The van der Waals surface area contributed by atoms with Crippen LogP contribution >= 0.6 is 0 Å². The highest BCUT2D eigenvalue weighted by Gasteiger charge is 2.50. The molecule has 0 saturated carbocycles. The molecule has 0 aliphatic carbocycles. The molecule has 0 aromatic heterocycles. The first-order chi connectivity index (χ1) is 15.8. The average molecular weight is 454 g/mol. The van der Waals surface area contributed by atoms with Gasteiger partial charge in [0.05, 0.1) is 13.0 Å². The summed E-state index contributed by atoms with van der Waals surface area (Å²) in [6.45, 7) is 2.96. The minimum atomic E-state index is -1.18. The van der Waals surface area contributed by atoms with Gasteiger partial charge in [-0.25, -0.2) is 4.79 Å². The number of rotatable bonds is 8. The molecule has 1 atom stereocenters. The van der Waals surface area contributed by atoms with Gasteiger partial charge in [-0.3, -0.25) is 14.5 Å². The molecule has 3 rings (SSSR count). The van der Waals surface area contributed by atoms with Crippen LogP contribution in [0.1, 0.15) is 37.7 Å². The number of aliphatic carboxylic acids is 1. The predicted octanol–water partition coefficient (Wildman–Crippen LogP) is 2.89. The molecule has 1 unspecified atom stereocenters. The Hall–Kier alpha value is -3.39. The molecule has 176 valence electrons. The second-order valence-electron chi connectivity index (χ2n) is 8.30. The van der Waals surface area contributed by atoms with Gasteiger partial charge in [0, 0.05) is 37.4 Å². The van der Waals surface area contributed by atoms with E-state index in [-0.39, 0.29) is 12.3 Å². The molecule has 1 amide bonds. The van der Waals surface area contributed by atoms with Gasteiger partial charge in [0.2, 0.25) is 5.91 Å². The number of nitrogens with zero attached hydrogens (tertiary/aromatic N) is 2. The summed E-state index contributed by atoms with van der Waals surface area (Å²) in [6.07, 6.45) is 0.856. The van der Waals surface area contributed by atoms with Crippen LogP contribution in [0.2, 0.25) is 0 Å². The predicted molar refractivity (Wildman–Crippen MR) is 126 cm³/mol. The summed E-state index contributed by atoms with van der Waals surface area (Å²) < 4.78 is 5.17. The number of amides is 1. The van der Waals surface area contributed by atoms with Crippen LogP contribution in [-0.4, -0.2) is 60.1 Å². The largest absolute Gasteiger partial charge is 0.481 e. The van der Waals surface area contributed by atoms with Crippen molar-refractivity contribution in [3.05, 3.63) is 60.2 Å². The monoisotopic (exact) mass is 453 g/mol. The second-order valence-corrected chi connectivity index (χ2v) is 8.30. The Bertz CT molecular complexity index is 987. The first-order valence-electron chi connectivity index (χ1n) is 11.1. The second kappa shape index (κ2) is 10.5. The molecule has 33 heavy (non-hydrogen) atoms. The number of benzene rings is 2. The summed E-state index contributed by atoms with van der Waals surface area (Å²) in [7, 11) is 1.32. The van der Waals surface area contributed by atoms with Gasteiger partial charge in [-0.1, -0.05) is 43.3 Å². The Labute approximate surface area is 193 Å². The summed E-state index contributed by atoms with van der Waals surface area (Å²) in [5, 5.41) is 9.79. The number of carbonyl (C=O) groups excluding carboxylic acids is 2. The first-order valence-corrected chi connectivity index (χ1v) is 11.1. The summed E-state index contributed by atoms with van der Waals surface area (Å²) in [5.41, 5.74) is 6.55. The number of likely N-dealkylation sites (tertiary alicyclic amines) is 1. The molecule has 1 heterocycles. The fraction of sp³-hybridized carbons (Fsp3) is 0.400. The molecular formula is C25H31N3O5. The van der Waals surface area contributed by atoms with E-state index in [1.807, 2.05) is 35.2 Å². The van der Waals surface area contributed by atoms with Crippen LogP contribution in [0, 0.1) is 0 Å². The number of nitrogens with two attached hydrogens (primary N) is 1. The fourth-order valence-electron chi connectivity index (χ4n) is 4.54. The zero-order valence-electron chi connectivity index (χ0n) is 19.1. The highest BCUT2D eigenvalue weighted by atomic mass is 16.5. The SMILES string of the molecule is CCC(=O)N(c1cccc(N)c1)C1(C(=O)OC)CCN(CC(C(=O)O)c2ccccc2)CC1. The number of nitrogen functional groups attached to an aromatic ring is 1. The van der Waals surface area contributed by atoms with Crippen LogP contribution < -0.4 is 10.6 Å². The normalized spacial score (nSPS) is 16.5. The van der Waals surface area contributed by atoms with E-state index in [0.717, 1.165) is 5.56 Å². The summed E-state index contributed by atoms with van der Waals surface area (Å²) in [4.78, 5) is 41.7.